The van der Waals surface area contributed by atoms with E-state index in [1.165, 1.54) is 0 Å². The number of rotatable bonds is 8. The largest absolute Gasteiger partial charge is 0.376 e. The number of nitrogen functional groups attached to an aromatic ring is 1. The average molecular weight is 458 g/mol. The van der Waals surface area contributed by atoms with Gasteiger partial charge in [0.15, 0.2) is 11.2 Å². The molecular formula is C26H27N5O3. The van der Waals surface area contributed by atoms with E-state index >= 15 is 0 Å². The van der Waals surface area contributed by atoms with Crippen LogP contribution in [-0.2, 0) is 22.7 Å². The van der Waals surface area contributed by atoms with E-state index in [0.29, 0.717) is 31.9 Å². The first-order valence-corrected chi connectivity index (χ1v) is 11.3. The van der Waals surface area contributed by atoms with E-state index in [1.54, 1.807) is 6.33 Å². The molecule has 34 heavy (non-hydrogen) atoms. The number of hydrogen-bond acceptors (Lipinski definition) is 6. The highest BCUT2D eigenvalue weighted by molar-refractivity contribution is 5.71. The Bertz CT molecular complexity index is 1330. The summed E-state index contributed by atoms with van der Waals surface area (Å²) in [5, 5.41) is 0. The molecule has 3 N–H and O–H groups in total. The summed E-state index contributed by atoms with van der Waals surface area (Å²) >= 11 is 0. The van der Waals surface area contributed by atoms with E-state index < -0.39 is 0 Å². The van der Waals surface area contributed by atoms with Crippen LogP contribution in [-0.4, -0.2) is 32.2 Å². The fourth-order valence-corrected chi connectivity index (χ4v) is 4.54. The third kappa shape index (κ3) is 4.50. The molecule has 0 aliphatic heterocycles. The fraction of sp³-hybridized carbons (Fsp3) is 0.269. The van der Waals surface area contributed by atoms with Gasteiger partial charge >= 0.3 is 0 Å². The van der Waals surface area contributed by atoms with Gasteiger partial charge in [0, 0.05) is 5.92 Å². The summed E-state index contributed by atoms with van der Waals surface area (Å²) in [4.78, 5) is 23.4. The molecule has 3 atom stereocenters. The Hall–Kier alpha value is -3.75. The molecule has 2 aromatic heterocycles. The van der Waals surface area contributed by atoms with Crippen LogP contribution in [0.5, 0.6) is 0 Å². The van der Waals surface area contributed by atoms with Gasteiger partial charge in [-0.05, 0) is 23.1 Å². The Labute approximate surface area is 197 Å². The Kier molecular flexibility index (Phi) is 6.24. The monoisotopic (exact) mass is 457 g/mol. The molecule has 174 valence electrons. The lowest BCUT2D eigenvalue weighted by Gasteiger charge is -2.21. The van der Waals surface area contributed by atoms with Crippen molar-refractivity contribution >= 4 is 17.1 Å². The summed E-state index contributed by atoms with van der Waals surface area (Å²) < 4.78 is 14.3. The van der Waals surface area contributed by atoms with Gasteiger partial charge in [0.05, 0.1) is 38.3 Å². The zero-order valence-electron chi connectivity index (χ0n) is 18.8. The molecule has 0 spiro atoms. The minimum Gasteiger partial charge on any atom is -0.376 e. The number of fused-ring (bicyclic) bond motifs is 1. The van der Waals surface area contributed by atoms with E-state index in [1.807, 2.05) is 65.2 Å². The molecule has 1 aliphatic rings. The molecule has 0 bridgehead atoms. The molecule has 0 radical (unpaired) electrons. The second-order valence-corrected chi connectivity index (χ2v) is 8.54. The van der Waals surface area contributed by atoms with Crippen molar-refractivity contribution in [2.45, 2.75) is 31.8 Å². The Morgan fingerprint density at radius 2 is 1.74 bits per heavy atom. The van der Waals surface area contributed by atoms with Gasteiger partial charge in [-0.1, -0.05) is 67.2 Å². The molecule has 1 fully saturated rings. The Balaban J connectivity index is 1.38. The van der Waals surface area contributed by atoms with Crippen LogP contribution in [0.3, 0.4) is 0 Å². The number of nitrogens with one attached hydrogen (secondary N) is 1. The Morgan fingerprint density at radius 3 is 2.44 bits per heavy atom. The van der Waals surface area contributed by atoms with E-state index in [-0.39, 0.29) is 35.1 Å². The number of imidazole rings is 1. The molecule has 1 saturated carbocycles. The lowest BCUT2D eigenvalue weighted by molar-refractivity contribution is -0.0122. The van der Waals surface area contributed by atoms with E-state index in [9.17, 15) is 4.79 Å². The van der Waals surface area contributed by atoms with Gasteiger partial charge in [-0.3, -0.25) is 9.78 Å². The quantitative estimate of drug-likeness (QED) is 0.391. The molecule has 0 saturated heterocycles. The predicted molar refractivity (Wildman–Crippen MR) is 130 cm³/mol. The van der Waals surface area contributed by atoms with Crippen LogP contribution in [0.2, 0.25) is 0 Å². The molecule has 8 nitrogen and oxygen atoms in total. The number of anilines is 1. The first-order chi connectivity index (χ1) is 16.6. The molecule has 4 aromatic rings. The second kappa shape index (κ2) is 9.62. The second-order valence-electron chi connectivity index (χ2n) is 8.54. The van der Waals surface area contributed by atoms with Crippen LogP contribution in [0.15, 0.2) is 83.9 Å². The summed E-state index contributed by atoms with van der Waals surface area (Å²) in [5.74, 6) is 0.0386. The van der Waals surface area contributed by atoms with Gasteiger partial charge in [-0.25, -0.2) is 4.98 Å². The fourth-order valence-electron chi connectivity index (χ4n) is 4.54. The number of nitrogens with zero attached hydrogens (tertiary/aromatic N) is 3. The molecule has 0 unspecified atom stereocenters. The zero-order chi connectivity index (χ0) is 23.5. The lowest BCUT2D eigenvalue weighted by Crippen LogP contribution is -2.23. The van der Waals surface area contributed by atoms with Gasteiger partial charge in [0.2, 0.25) is 5.95 Å². The number of aromatic amines is 1. The van der Waals surface area contributed by atoms with E-state index in [0.717, 1.165) is 16.7 Å². The maximum Gasteiger partial charge on any atom is 0.280 e. The van der Waals surface area contributed by atoms with Crippen molar-refractivity contribution in [2.75, 3.05) is 12.3 Å². The predicted octanol–water partition coefficient (Wildman–Crippen LogP) is 3.62. The van der Waals surface area contributed by atoms with Crippen molar-refractivity contribution in [1.29, 1.82) is 0 Å². The van der Waals surface area contributed by atoms with Gasteiger partial charge in [0.1, 0.15) is 0 Å². The SMILES string of the molecule is C=C1[C@@H](COCc2ccccc2)[C@H](OCc2ccccc2)C[C@H]1n1cnc2c(=O)[nH]c(N)nc21. The third-order valence-electron chi connectivity index (χ3n) is 6.31. The zero-order valence-corrected chi connectivity index (χ0v) is 18.8. The normalized spacial score (nSPS) is 20.2. The highest BCUT2D eigenvalue weighted by Crippen LogP contribution is 2.42. The summed E-state index contributed by atoms with van der Waals surface area (Å²) in [5.41, 5.74) is 9.33. The molecule has 1 aliphatic carbocycles. The van der Waals surface area contributed by atoms with Crippen molar-refractivity contribution in [3.63, 3.8) is 0 Å². The van der Waals surface area contributed by atoms with Crippen LogP contribution < -0.4 is 11.3 Å². The van der Waals surface area contributed by atoms with E-state index in [2.05, 4.69) is 21.5 Å². The minimum absolute atomic E-state index is 0.0192. The number of ether oxygens (including phenoxy) is 2. The highest BCUT2D eigenvalue weighted by Gasteiger charge is 2.40. The number of benzene rings is 2. The summed E-state index contributed by atoms with van der Waals surface area (Å²) in [6.07, 6.45) is 2.19. The van der Waals surface area contributed by atoms with Gasteiger partial charge in [0.25, 0.3) is 5.56 Å². The van der Waals surface area contributed by atoms with Gasteiger partial charge in [-0.15, -0.1) is 0 Å². The van der Waals surface area contributed by atoms with Gasteiger partial charge < -0.3 is 19.8 Å². The third-order valence-corrected chi connectivity index (χ3v) is 6.31. The minimum atomic E-state index is -0.357. The van der Waals surface area contributed by atoms with Crippen molar-refractivity contribution in [1.82, 2.24) is 19.5 Å². The maximum absolute atomic E-state index is 12.3. The Morgan fingerprint density at radius 1 is 1.06 bits per heavy atom. The smallest absolute Gasteiger partial charge is 0.280 e. The van der Waals surface area contributed by atoms with E-state index in [4.69, 9.17) is 15.2 Å². The van der Waals surface area contributed by atoms with Crippen molar-refractivity contribution in [2.24, 2.45) is 5.92 Å². The number of hydrogen-bond donors (Lipinski definition) is 2. The number of H-pyrrole nitrogens is 1. The van der Waals surface area contributed by atoms with Crippen molar-refractivity contribution < 1.29 is 9.47 Å². The highest BCUT2D eigenvalue weighted by atomic mass is 16.5. The van der Waals surface area contributed by atoms with Crippen LogP contribution in [0, 0.1) is 5.92 Å². The maximum atomic E-state index is 12.3. The summed E-state index contributed by atoms with van der Waals surface area (Å²) in [6, 6.07) is 20.0. The van der Waals surface area contributed by atoms with Crippen molar-refractivity contribution in [3.05, 3.63) is 101 Å². The average Bonchev–Trinajstić information content (AvgIpc) is 3.40. The topological polar surface area (TPSA) is 108 Å². The molecule has 2 aromatic carbocycles. The molecule has 5 rings (SSSR count). The number of aromatic nitrogens is 4. The summed E-state index contributed by atoms with van der Waals surface area (Å²) in [6.45, 7) is 5.89. The molecule has 2 heterocycles. The molecule has 0 amide bonds. The molecule has 8 heteroatoms. The first kappa shape index (κ1) is 22.1. The van der Waals surface area contributed by atoms with Crippen LogP contribution in [0.1, 0.15) is 23.6 Å². The van der Waals surface area contributed by atoms with Crippen LogP contribution in [0.4, 0.5) is 5.95 Å². The lowest BCUT2D eigenvalue weighted by atomic mass is 10.0. The summed E-state index contributed by atoms with van der Waals surface area (Å²) in [7, 11) is 0. The molecular weight excluding hydrogens is 430 g/mol. The van der Waals surface area contributed by atoms with Crippen LogP contribution >= 0.6 is 0 Å². The standard InChI is InChI=1S/C26H27N5O3/c1-17-20(15-33-13-18-8-4-2-5-9-18)22(34-14-19-10-6-3-7-11-19)12-21(17)31-16-28-23-24(31)29-26(27)30-25(23)32/h2-11,16,20-22H,1,12-15H2,(H3,27,29,30,32)/t20-,21-,22-/m1/s1. The van der Waals surface area contributed by atoms with Crippen molar-refractivity contribution in [3.8, 4) is 0 Å². The number of nitrogens with two attached hydrogens (primary N) is 1. The first-order valence-electron chi connectivity index (χ1n) is 11.3. The van der Waals surface area contributed by atoms with Crippen LogP contribution in [0.25, 0.3) is 11.2 Å². The van der Waals surface area contributed by atoms with Gasteiger partial charge in [-0.2, -0.15) is 4.98 Å².